The van der Waals surface area contributed by atoms with E-state index in [0.29, 0.717) is 16.4 Å². The van der Waals surface area contributed by atoms with E-state index in [-0.39, 0.29) is 12.1 Å². The highest BCUT2D eigenvalue weighted by Gasteiger charge is 2.22. The lowest BCUT2D eigenvalue weighted by Crippen LogP contribution is -2.39. The van der Waals surface area contributed by atoms with Crippen LogP contribution in [0.1, 0.15) is 31.2 Å². The minimum absolute atomic E-state index is 0.0231. The van der Waals surface area contributed by atoms with Gasteiger partial charge in [0.2, 0.25) is 0 Å². The van der Waals surface area contributed by atoms with Gasteiger partial charge in [0.05, 0.1) is 10.6 Å². The smallest absolute Gasteiger partial charge is 0.404 e. The van der Waals surface area contributed by atoms with Crippen LogP contribution in [0.25, 0.3) is 0 Å². The van der Waals surface area contributed by atoms with Gasteiger partial charge in [-0.3, -0.25) is 0 Å². The molecule has 3 N–H and O–H groups in total. The molecule has 1 aliphatic carbocycles. The summed E-state index contributed by atoms with van der Waals surface area (Å²) in [6, 6.07) is 3.81. The number of pyridine rings is 1. The molecule has 1 saturated carbocycles. The molecule has 0 unspecified atom stereocenters. The van der Waals surface area contributed by atoms with Gasteiger partial charge < -0.3 is 15.7 Å². The van der Waals surface area contributed by atoms with Crippen molar-refractivity contribution in [2.24, 2.45) is 0 Å². The molecular weight excluding hydrogens is 280 g/mol. The van der Waals surface area contributed by atoms with Gasteiger partial charge in [-0.1, -0.05) is 11.6 Å². The molecule has 0 aliphatic heterocycles. The van der Waals surface area contributed by atoms with E-state index in [0.717, 1.165) is 25.7 Å². The van der Waals surface area contributed by atoms with E-state index in [4.69, 9.17) is 22.0 Å². The average Bonchev–Trinajstić information content (AvgIpc) is 2.42. The number of aromatic nitrogens is 1. The van der Waals surface area contributed by atoms with Gasteiger partial charge in [0.25, 0.3) is 0 Å². The van der Waals surface area contributed by atoms with Crippen molar-refractivity contribution in [2.45, 2.75) is 37.8 Å². The topological polar surface area (TPSA) is 98.0 Å². The summed E-state index contributed by atoms with van der Waals surface area (Å²) in [7, 11) is 0. The minimum Gasteiger partial charge on any atom is -0.465 e. The van der Waals surface area contributed by atoms with Crippen LogP contribution in [0, 0.1) is 11.3 Å². The molecule has 1 aromatic rings. The van der Waals surface area contributed by atoms with Gasteiger partial charge in [-0.25, -0.2) is 9.78 Å². The lowest BCUT2D eigenvalue weighted by atomic mass is 9.91. The van der Waals surface area contributed by atoms with Gasteiger partial charge >= 0.3 is 6.09 Å². The third kappa shape index (κ3) is 3.75. The van der Waals surface area contributed by atoms with Crippen molar-refractivity contribution in [3.63, 3.8) is 0 Å². The molecule has 0 spiro atoms. The molecule has 6 nitrogen and oxygen atoms in total. The largest absolute Gasteiger partial charge is 0.465 e. The van der Waals surface area contributed by atoms with E-state index < -0.39 is 6.09 Å². The predicted octanol–water partition coefficient (Wildman–Crippen LogP) is 2.60. The van der Waals surface area contributed by atoms with Gasteiger partial charge in [-0.05, 0) is 31.7 Å². The van der Waals surface area contributed by atoms with E-state index in [1.807, 2.05) is 6.07 Å². The number of carbonyl (C=O) groups is 1. The van der Waals surface area contributed by atoms with E-state index in [1.54, 1.807) is 6.07 Å². The summed E-state index contributed by atoms with van der Waals surface area (Å²) in [5.41, 5.74) is 0.426. The fraction of sp³-hybridized carbons (Fsp3) is 0.462. The molecular formula is C13H15ClN4O2. The number of carboxylic acid groups (broad SMARTS) is 1. The zero-order chi connectivity index (χ0) is 14.5. The Morgan fingerprint density at radius 1 is 1.40 bits per heavy atom. The normalized spacial score (nSPS) is 21.8. The maximum atomic E-state index is 10.6. The molecule has 0 aromatic carbocycles. The molecule has 7 heteroatoms. The standard InChI is InChI=1S/C13H15ClN4O2/c14-11-5-8(6-15)7-16-12(11)17-9-1-3-10(4-2-9)18-13(19)20/h5,7,9-10,18H,1-4H2,(H,16,17)(H,19,20). The first-order chi connectivity index (χ1) is 9.58. The second-order valence-electron chi connectivity index (χ2n) is 4.81. The van der Waals surface area contributed by atoms with Crippen LogP contribution in [0.15, 0.2) is 12.3 Å². The van der Waals surface area contributed by atoms with Crippen molar-refractivity contribution in [1.29, 1.82) is 5.26 Å². The Labute approximate surface area is 121 Å². The van der Waals surface area contributed by atoms with E-state index >= 15 is 0 Å². The number of anilines is 1. The Kier molecular flexibility index (Phi) is 4.64. The molecule has 1 fully saturated rings. The van der Waals surface area contributed by atoms with Crippen LogP contribution >= 0.6 is 11.6 Å². The third-order valence-corrected chi connectivity index (χ3v) is 3.65. The number of nitrogens with one attached hydrogen (secondary N) is 2. The molecule has 0 saturated heterocycles. The van der Waals surface area contributed by atoms with Crippen molar-refractivity contribution in [2.75, 3.05) is 5.32 Å². The Morgan fingerprint density at radius 2 is 2.05 bits per heavy atom. The Hall–Kier alpha value is -2.00. The summed E-state index contributed by atoms with van der Waals surface area (Å²) in [6.07, 6.45) is 3.78. The Morgan fingerprint density at radius 3 is 2.60 bits per heavy atom. The second kappa shape index (κ2) is 6.44. The minimum atomic E-state index is -0.974. The number of hydrogen-bond acceptors (Lipinski definition) is 4. The number of amides is 1. The molecule has 1 amide bonds. The van der Waals surface area contributed by atoms with Crippen LogP contribution in [0.4, 0.5) is 10.6 Å². The first kappa shape index (κ1) is 14.4. The summed E-state index contributed by atoms with van der Waals surface area (Å²) in [4.78, 5) is 14.7. The zero-order valence-electron chi connectivity index (χ0n) is 10.8. The van der Waals surface area contributed by atoms with Crippen molar-refractivity contribution in [1.82, 2.24) is 10.3 Å². The van der Waals surface area contributed by atoms with Gasteiger partial charge in [0.15, 0.2) is 0 Å². The highest BCUT2D eigenvalue weighted by Crippen LogP contribution is 2.25. The molecule has 106 valence electrons. The van der Waals surface area contributed by atoms with Gasteiger partial charge in [-0.2, -0.15) is 5.26 Å². The molecule has 0 bridgehead atoms. The molecule has 2 rings (SSSR count). The summed E-state index contributed by atoms with van der Waals surface area (Å²) < 4.78 is 0. The lowest BCUT2D eigenvalue weighted by molar-refractivity contribution is 0.185. The van der Waals surface area contributed by atoms with E-state index in [1.165, 1.54) is 6.20 Å². The highest BCUT2D eigenvalue weighted by molar-refractivity contribution is 6.33. The molecule has 20 heavy (non-hydrogen) atoms. The molecule has 1 heterocycles. The van der Waals surface area contributed by atoms with Crippen LogP contribution < -0.4 is 10.6 Å². The highest BCUT2D eigenvalue weighted by atomic mass is 35.5. The van der Waals surface area contributed by atoms with Gasteiger partial charge in [0.1, 0.15) is 11.9 Å². The maximum Gasteiger partial charge on any atom is 0.404 e. The fourth-order valence-corrected chi connectivity index (χ4v) is 2.58. The zero-order valence-corrected chi connectivity index (χ0v) is 11.5. The first-order valence-electron chi connectivity index (χ1n) is 6.40. The van der Waals surface area contributed by atoms with Crippen molar-refractivity contribution in [3.8, 4) is 6.07 Å². The van der Waals surface area contributed by atoms with Crippen LogP contribution in [-0.4, -0.2) is 28.3 Å². The van der Waals surface area contributed by atoms with Gasteiger partial charge in [-0.15, -0.1) is 0 Å². The monoisotopic (exact) mass is 294 g/mol. The number of hydrogen-bond donors (Lipinski definition) is 3. The fourth-order valence-electron chi connectivity index (χ4n) is 2.36. The predicted molar refractivity (Wildman–Crippen MR) is 74.8 cm³/mol. The molecule has 0 atom stereocenters. The summed E-state index contributed by atoms with van der Waals surface area (Å²) in [5.74, 6) is 0.570. The second-order valence-corrected chi connectivity index (χ2v) is 5.22. The van der Waals surface area contributed by atoms with Crippen LogP contribution in [0.5, 0.6) is 0 Å². The number of nitrogens with zero attached hydrogens (tertiary/aromatic N) is 2. The quantitative estimate of drug-likeness (QED) is 0.796. The van der Waals surface area contributed by atoms with Crippen LogP contribution in [0.3, 0.4) is 0 Å². The van der Waals surface area contributed by atoms with Crippen molar-refractivity contribution >= 4 is 23.5 Å². The number of rotatable bonds is 3. The van der Waals surface area contributed by atoms with Crippen LogP contribution in [-0.2, 0) is 0 Å². The molecule has 0 radical (unpaired) electrons. The van der Waals surface area contributed by atoms with E-state index in [9.17, 15) is 4.79 Å². The number of halogens is 1. The maximum absolute atomic E-state index is 10.6. The molecule has 1 aromatic heterocycles. The summed E-state index contributed by atoms with van der Waals surface area (Å²) in [5, 5.41) is 23.6. The summed E-state index contributed by atoms with van der Waals surface area (Å²) in [6.45, 7) is 0. The Bertz CT molecular complexity index is 536. The van der Waals surface area contributed by atoms with E-state index in [2.05, 4.69) is 15.6 Å². The summed E-state index contributed by atoms with van der Waals surface area (Å²) >= 11 is 6.06. The lowest BCUT2D eigenvalue weighted by Gasteiger charge is -2.29. The van der Waals surface area contributed by atoms with Crippen molar-refractivity contribution in [3.05, 3.63) is 22.8 Å². The van der Waals surface area contributed by atoms with Crippen LogP contribution in [0.2, 0.25) is 5.02 Å². The SMILES string of the molecule is N#Cc1cnc(NC2CCC(NC(=O)O)CC2)c(Cl)c1. The molecule has 1 aliphatic rings. The number of nitriles is 1. The Balaban J connectivity index is 1.90. The first-order valence-corrected chi connectivity index (χ1v) is 6.78. The van der Waals surface area contributed by atoms with Gasteiger partial charge in [0, 0.05) is 18.3 Å². The van der Waals surface area contributed by atoms with Crippen molar-refractivity contribution < 1.29 is 9.90 Å². The average molecular weight is 295 g/mol. The third-order valence-electron chi connectivity index (χ3n) is 3.37.